The number of hydrogen-bond acceptors (Lipinski definition) is 6. The van der Waals surface area contributed by atoms with E-state index in [0.717, 1.165) is 16.7 Å². The predicted octanol–water partition coefficient (Wildman–Crippen LogP) is 1.70. The zero-order valence-electron chi connectivity index (χ0n) is 12.9. The molecule has 2 N–H and O–H groups in total. The number of para-hydroxylation sites is 1. The van der Waals surface area contributed by atoms with Crippen LogP contribution in [0.5, 0.6) is 0 Å². The Kier molecular flexibility index (Phi) is 4.33. The summed E-state index contributed by atoms with van der Waals surface area (Å²) in [6.45, 7) is 2.66. The van der Waals surface area contributed by atoms with E-state index in [9.17, 15) is 9.59 Å². The first-order chi connectivity index (χ1) is 11.1. The number of carbonyl (C=O) groups excluding carboxylic acids is 2. The van der Waals surface area contributed by atoms with Gasteiger partial charge in [0.25, 0.3) is 0 Å². The normalized spacial score (nSPS) is 15.6. The number of nitrogens with one attached hydrogen (secondary N) is 2. The molecule has 3 amide bonds. The molecule has 1 aromatic heterocycles. The minimum Gasteiger partial charge on any atom is -0.372 e. The van der Waals surface area contributed by atoms with E-state index >= 15 is 0 Å². The Morgan fingerprint density at radius 2 is 2.17 bits per heavy atom. The van der Waals surface area contributed by atoms with Gasteiger partial charge in [-0.25, -0.2) is 14.8 Å². The van der Waals surface area contributed by atoms with Crippen molar-refractivity contribution in [3.8, 4) is 0 Å². The van der Waals surface area contributed by atoms with Gasteiger partial charge in [-0.3, -0.25) is 9.69 Å². The molecule has 2 aromatic rings. The number of urea groups is 1. The van der Waals surface area contributed by atoms with Crippen LogP contribution in [-0.4, -0.2) is 52.2 Å². The summed E-state index contributed by atoms with van der Waals surface area (Å²) < 4.78 is 0. The molecular formula is C15H17N5O2S. The molecule has 1 aliphatic rings. The van der Waals surface area contributed by atoms with Crippen LogP contribution in [0.4, 0.5) is 10.6 Å². The number of carbonyl (C=O) groups is 2. The highest BCUT2D eigenvalue weighted by Crippen LogP contribution is 2.27. The van der Waals surface area contributed by atoms with Crippen LogP contribution in [0, 0.1) is 0 Å². The second kappa shape index (κ2) is 6.41. The van der Waals surface area contributed by atoms with Gasteiger partial charge in [-0.15, -0.1) is 0 Å². The lowest BCUT2D eigenvalue weighted by Gasteiger charge is -2.17. The number of aromatic nitrogens is 2. The fourth-order valence-corrected chi connectivity index (χ4v) is 3.25. The number of thioether (sulfide) groups is 1. The average molecular weight is 331 g/mol. The largest absolute Gasteiger partial charge is 0.372 e. The predicted molar refractivity (Wildman–Crippen MR) is 89.5 cm³/mol. The van der Waals surface area contributed by atoms with Gasteiger partial charge in [0, 0.05) is 25.5 Å². The maximum absolute atomic E-state index is 12.4. The molecule has 1 fully saturated rings. The van der Waals surface area contributed by atoms with Gasteiger partial charge in [0.15, 0.2) is 5.16 Å². The average Bonchev–Trinajstić information content (AvgIpc) is 2.99. The van der Waals surface area contributed by atoms with Crippen LogP contribution in [0.15, 0.2) is 29.4 Å². The van der Waals surface area contributed by atoms with Crippen molar-refractivity contribution in [2.24, 2.45) is 0 Å². The Morgan fingerprint density at radius 3 is 2.87 bits per heavy atom. The van der Waals surface area contributed by atoms with E-state index in [1.165, 1.54) is 16.7 Å². The van der Waals surface area contributed by atoms with Crippen molar-refractivity contribution in [1.82, 2.24) is 20.2 Å². The summed E-state index contributed by atoms with van der Waals surface area (Å²) in [6.07, 6.45) is 0. The lowest BCUT2D eigenvalue weighted by Crippen LogP contribution is -2.39. The third-order valence-corrected chi connectivity index (χ3v) is 4.52. The van der Waals surface area contributed by atoms with E-state index in [0.29, 0.717) is 18.2 Å². The zero-order chi connectivity index (χ0) is 16.4. The Hall–Kier alpha value is -2.35. The summed E-state index contributed by atoms with van der Waals surface area (Å²) in [5.74, 6) is 0.490. The van der Waals surface area contributed by atoms with Crippen molar-refractivity contribution in [2.75, 3.05) is 25.5 Å². The number of anilines is 1. The van der Waals surface area contributed by atoms with Gasteiger partial charge in [-0.05, 0) is 19.1 Å². The van der Waals surface area contributed by atoms with Crippen LogP contribution >= 0.6 is 11.8 Å². The molecular weight excluding hydrogens is 314 g/mol. The van der Waals surface area contributed by atoms with Gasteiger partial charge < -0.3 is 10.6 Å². The summed E-state index contributed by atoms with van der Waals surface area (Å²) in [5, 5.41) is 6.67. The van der Waals surface area contributed by atoms with Gasteiger partial charge in [-0.1, -0.05) is 23.9 Å². The first kappa shape index (κ1) is 15.5. The fraction of sp³-hybridized carbons (Fsp3) is 0.333. The summed E-state index contributed by atoms with van der Waals surface area (Å²) in [5.41, 5.74) is 0.813. The summed E-state index contributed by atoms with van der Waals surface area (Å²) >= 11 is 1.25. The topological polar surface area (TPSA) is 87.2 Å². The number of hydrogen-bond donors (Lipinski definition) is 2. The first-order valence-corrected chi connectivity index (χ1v) is 8.18. The number of imide groups is 1. The smallest absolute Gasteiger partial charge is 0.324 e. The number of nitrogens with zero attached hydrogens (tertiary/aromatic N) is 3. The van der Waals surface area contributed by atoms with Crippen LogP contribution in [-0.2, 0) is 4.79 Å². The molecule has 1 unspecified atom stereocenters. The molecule has 0 aliphatic carbocycles. The lowest BCUT2D eigenvalue weighted by atomic mass is 10.2. The SMILES string of the molecule is CNc1nc(SC(C)C(=O)N2CCNC2=O)nc2ccccc12. The highest BCUT2D eigenvalue weighted by Gasteiger charge is 2.30. The third-order valence-electron chi connectivity index (χ3n) is 3.57. The molecule has 1 saturated heterocycles. The van der Waals surface area contributed by atoms with Crippen molar-refractivity contribution in [1.29, 1.82) is 0 Å². The summed E-state index contributed by atoms with van der Waals surface area (Å²) in [7, 11) is 1.80. The van der Waals surface area contributed by atoms with Crippen molar-refractivity contribution >= 4 is 40.4 Å². The number of benzene rings is 1. The van der Waals surface area contributed by atoms with Crippen molar-refractivity contribution in [3.05, 3.63) is 24.3 Å². The third kappa shape index (κ3) is 3.07. The number of amides is 3. The Bertz CT molecular complexity index is 767. The second-order valence-corrected chi connectivity index (χ2v) is 6.41. The van der Waals surface area contributed by atoms with E-state index in [2.05, 4.69) is 20.6 Å². The Labute approximate surface area is 137 Å². The van der Waals surface area contributed by atoms with Crippen LogP contribution in [0.25, 0.3) is 10.9 Å². The van der Waals surface area contributed by atoms with Crippen molar-refractivity contribution in [3.63, 3.8) is 0 Å². The maximum Gasteiger partial charge on any atom is 0.324 e. The van der Waals surface area contributed by atoms with E-state index in [1.54, 1.807) is 14.0 Å². The molecule has 7 nitrogen and oxygen atoms in total. The standard InChI is InChI=1S/C15H17N5O2S/c1-9(13(21)20-8-7-17-15(20)22)23-14-18-11-6-4-3-5-10(11)12(16-2)19-14/h3-6,9H,7-8H2,1-2H3,(H,17,22)(H,16,18,19). The van der Waals surface area contributed by atoms with Crippen LogP contribution in [0.2, 0.25) is 0 Å². The van der Waals surface area contributed by atoms with E-state index in [4.69, 9.17) is 0 Å². The van der Waals surface area contributed by atoms with Crippen molar-refractivity contribution < 1.29 is 9.59 Å². The minimum atomic E-state index is -0.440. The monoisotopic (exact) mass is 331 g/mol. The molecule has 0 bridgehead atoms. The molecule has 0 spiro atoms. The molecule has 23 heavy (non-hydrogen) atoms. The molecule has 1 aliphatic heterocycles. The molecule has 1 aromatic carbocycles. The van der Waals surface area contributed by atoms with Crippen molar-refractivity contribution in [2.45, 2.75) is 17.3 Å². The lowest BCUT2D eigenvalue weighted by molar-refractivity contribution is -0.126. The fourth-order valence-electron chi connectivity index (χ4n) is 2.41. The summed E-state index contributed by atoms with van der Waals surface area (Å²) in [4.78, 5) is 34.1. The second-order valence-electron chi connectivity index (χ2n) is 5.10. The van der Waals surface area contributed by atoms with Gasteiger partial charge in [0.2, 0.25) is 5.91 Å². The van der Waals surface area contributed by atoms with Gasteiger partial charge >= 0.3 is 6.03 Å². The van der Waals surface area contributed by atoms with Gasteiger partial charge in [0.1, 0.15) is 5.82 Å². The quantitative estimate of drug-likeness (QED) is 0.655. The molecule has 1 atom stereocenters. The number of rotatable bonds is 4. The van der Waals surface area contributed by atoms with Crippen LogP contribution in [0.3, 0.4) is 0 Å². The molecule has 120 valence electrons. The summed E-state index contributed by atoms with van der Waals surface area (Å²) in [6, 6.07) is 7.35. The highest BCUT2D eigenvalue weighted by molar-refractivity contribution is 8.00. The Balaban J connectivity index is 1.83. The van der Waals surface area contributed by atoms with E-state index < -0.39 is 5.25 Å². The van der Waals surface area contributed by atoms with Gasteiger partial charge in [-0.2, -0.15) is 0 Å². The molecule has 2 heterocycles. The van der Waals surface area contributed by atoms with E-state index in [1.807, 2.05) is 24.3 Å². The number of fused-ring (bicyclic) bond motifs is 1. The zero-order valence-corrected chi connectivity index (χ0v) is 13.7. The Morgan fingerprint density at radius 1 is 1.39 bits per heavy atom. The highest BCUT2D eigenvalue weighted by atomic mass is 32.2. The van der Waals surface area contributed by atoms with E-state index in [-0.39, 0.29) is 11.9 Å². The molecule has 8 heteroatoms. The molecule has 0 saturated carbocycles. The first-order valence-electron chi connectivity index (χ1n) is 7.30. The minimum absolute atomic E-state index is 0.229. The maximum atomic E-state index is 12.4. The molecule has 3 rings (SSSR count). The van der Waals surface area contributed by atoms with Gasteiger partial charge in [0.05, 0.1) is 10.8 Å². The van der Waals surface area contributed by atoms with Crippen LogP contribution in [0.1, 0.15) is 6.92 Å². The molecule has 0 radical (unpaired) electrons. The van der Waals surface area contributed by atoms with Crippen LogP contribution < -0.4 is 10.6 Å².